The van der Waals surface area contributed by atoms with Gasteiger partial charge in [0.15, 0.2) is 23.2 Å². The number of halogens is 2. The number of benzene rings is 2. The van der Waals surface area contributed by atoms with Gasteiger partial charge in [0.05, 0.1) is 24.5 Å². The van der Waals surface area contributed by atoms with E-state index in [1.807, 2.05) is 6.07 Å². The van der Waals surface area contributed by atoms with E-state index >= 15 is 0 Å². The first kappa shape index (κ1) is 17.3. The summed E-state index contributed by atoms with van der Waals surface area (Å²) < 4.78 is 1.80. The Labute approximate surface area is 165 Å². The molecule has 0 unspecified atom stereocenters. The molecule has 0 saturated heterocycles. The number of hydrogen-bond donors (Lipinski definition) is 1. The van der Waals surface area contributed by atoms with Gasteiger partial charge in [-0.2, -0.15) is 5.26 Å². The van der Waals surface area contributed by atoms with Gasteiger partial charge in [-0.3, -0.25) is 0 Å². The van der Waals surface area contributed by atoms with E-state index in [-0.39, 0.29) is 5.82 Å². The molecule has 0 aromatic heterocycles. The number of fused-ring (bicyclic) bond motifs is 1. The van der Waals surface area contributed by atoms with E-state index in [1.54, 1.807) is 47.3 Å². The summed E-state index contributed by atoms with van der Waals surface area (Å²) in [5.74, 6) is 1.32. The predicted octanol–water partition coefficient (Wildman–Crippen LogP) is 4.25. The Morgan fingerprint density at radius 1 is 1.07 bits per heavy atom. The molecule has 2 aliphatic rings. The maximum absolute atomic E-state index is 9.10. The highest BCUT2D eigenvalue weighted by atomic mass is 35.5. The van der Waals surface area contributed by atoms with Gasteiger partial charge in [-0.15, -0.1) is 0 Å². The topological polar surface area (TPSA) is 93.4 Å². The van der Waals surface area contributed by atoms with Gasteiger partial charge < -0.3 is 10.3 Å². The van der Waals surface area contributed by atoms with Crippen molar-refractivity contribution < 1.29 is 0 Å². The first-order chi connectivity index (χ1) is 13.1. The SMILES string of the molecule is N#Cc1cccc(-c2nc3c(N)ncn(Cc4c(Cl)cccc4Cl)c-3n2)c1. The quantitative estimate of drug-likeness (QED) is 0.560. The number of nitriles is 1. The molecule has 2 aromatic carbocycles. The standard InChI is InChI=1S/C19H12Cl2N6/c20-14-5-2-6-15(21)13(14)9-27-10-24-17(23)16-19(27)26-18(25-16)12-4-1-3-11(7-12)8-22/h1-7,10H,9,23H2. The first-order valence-corrected chi connectivity index (χ1v) is 8.74. The van der Waals surface area contributed by atoms with E-state index in [2.05, 4.69) is 21.0 Å². The molecule has 0 radical (unpaired) electrons. The van der Waals surface area contributed by atoms with E-state index < -0.39 is 0 Å². The summed E-state index contributed by atoms with van der Waals surface area (Å²) in [6.07, 6.45) is 1.58. The maximum atomic E-state index is 9.10. The number of aromatic nitrogens is 4. The summed E-state index contributed by atoms with van der Waals surface area (Å²) in [6, 6.07) is 14.5. The van der Waals surface area contributed by atoms with Crippen molar-refractivity contribution in [3.8, 4) is 29.0 Å². The molecule has 0 bridgehead atoms. The molecule has 0 atom stereocenters. The highest BCUT2D eigenvalue weighted by molar-refractivity contribution is 6.36. The summed E-state index contributed by atoms with van der Waals surface area (Å²) in [5, 5.41) is 10.2. The molecular formula is C19H12Cl2N6. The second kappa shape index (κ2) is 6.88. The third-order valence-electron chi connectivity index (χ3n) is 4.13. The zero-order valence-corrected chi connectivity index (χ0v) is 15.4. The van der Waals surface area contributed by atoms with E-state index in [0.29, 0.717) is 39.5 Å². The molecule has 2 heterocycles. The second-order valence-corrected chi connectivity index (χ2v) is 6.68. The van der Waals surface area contributed by atoms with Crippen LogP contribution in [0, 0.1) is 11.3 Å². The van der Waals surface area contributed by atoms with Crippen molar-refractivity contribution in [3.05, 3.63) is 70.0 Å². The Balaban J connectivity index is 1.83. The van der Waals surface area contributed by atoms with Crippen molar-refractivity contribution in [1.29, 1.82) is 5.26 Å². The molecule has 8 heteroatoms. The molecule has 6 nitrogen and oxygen atoms in total. The average molecular weight is 395 g/mol. The summed E-state index contributed by atoms with van der Waals surface area (Å²) in [4.78, 5) is 13.3. The van der Waals surface area contributed by atoms with Crippen LogP contribution in [0.2, 0.25) is 10.0 Å². The van der Waals surface area contributed by atoms with Crippen LogP contribution in [0.25, 0.3) is 22.9 Å². The summed E-state index contributed by atoms with van der Waals surface area (Å²) in [6.45, 7) is 0.374. The highest BCUT2D eigenvalue weighted by Gasteiger charge is 2.20. The van der Waals surface area contributed by atoms with Crippen molar-refractivity contribution in [2.24, 2.45) is 0 Å². The Morgan fingerprint density at radius 2 is 1.81 bits per heavy atom. The minimum absolute atomic E-state index is 0.279. The van der Waals surface area contributed by atoms with Crippen molar-refractivity contribution in [2.75, 3.05) is 5.73 Å². The fourth-order valence-electron chi connectivity index (χ4n) is 2.78. The van der Waals surface area contributed by atoms with Crippen molar-refractivity contribution >= 4 is 29.0 Å². The van der Waals surface area contributed by atoms with Gasteiger partial charge in [-0.1, -0.05) is 41.4 Å². The number of hydrogen-bond acceptors (Lipinski definition) is 5. The summed E-state index contributed by atoms with van der Waals surface area (Å²) in [5.41, 5.74) is 8.50. The highest BCUT2D eigenvalue weighted by Crippen LogP contribution is 2.31. The van der Waals surface area contributed by atoms with Crippen LogP contribution < -0.4 is 5.73 Å². The number of nitrogens with two attached hydrogens (primary N) is 1. The Morgan fingerprint density at radius 3 is 2.56 bits per heavy atom. The van der Waals surface area contributed by atoms with E-state index in [1.165, 1.54) is 0 Å². The summed E-state index contributed by atoms with van der Waals surface area (Å²) in [7, 11) is 0. The first-order valence-electron chi connectivity index (χ1n) is 7.98. The van der Waals surface area contributed by atoms with Crippen LogP contribution in [0.1, 0.15) is 11.1 Å². The molecular weight excluding hydrogens is 383 g/mol. The minimum Gasteiger partial charge on any atom is -0.382 e. The lowest BCUT2D eigenvalue weighted by Gasteiger charge is -2.13. The number of rotatable bonds is 3. The van der Waals surface area contributed by atoms with Crippen LogP contribution >= 0.6 is 23.2 Å². The fourth-order valence-corrected chi connectivity index (χ4v) is 3.30. The zero-order chi connectivity index (χ0) is 19.0. The van der Waals surface area contributed by atoms with Crippen LogP contribution in [-0.2, 0) is 6.54 Å². The third-order valence-corrected chi connectivity index (χ3v) is 4.84. The third kappa shape index (κ3) is 3.19. The van der Waals surface area contributed by atoms with Gasteiger partial charge in [0.25, 0.3) is 0 Å². The molecule has 0 saturated carbocycles. The van der Waals surface area contributed by atoms with Gasteiger partial charge in [0.1, 0.15) is 0 Å². The fraction of sp³-hybridized carbons (Fsp3) is 0.0526. The van der Waals surface area contributed by atoms with Crippen molar-refractivity contribution in [3.63, 3.8) is 0 Å². The van der Waals surface area contributed by atoms with Crippen molar-refractivity contribution in [2.45, 2.75) is 6.54 Å². The smallest absolute Gasteiger partial charge is 0.166 e. The number of nitrogens with zero attached hydrogens (tertiary/aromatic N) is 5. The molecule has 0 aliphatic carbocycles. The second-order valence-electron chi connectivity index (χ2n) is 5.87. The molecule has 0 spiro atoms. The number of nitrogen functional groups attached to an aromatic ring is 1. The Hall–Kier alpha value is -3.14. The monoisotopic (exact) mass is 394 g/mol. The van der Waals surface area contributed by atoms with Crippen LogP contribution in [0.3, 0.4) is 0 Å². The molecule has 27 heavy (non-hydrogen) atoms. The number of imidazole rings is 1. The van der Waals surface area contributed by atoms with Gasteiger partial charge in [-0.25, -0.2) is 15.0 Å². The largest absolute Gasteiger partial charge is 0.382 e. The molecule has 2 aliphatic heterocycles. The van der Waals surface area contributed by atoms with Crippen molar-refractivity contribution in [1.82, 2.24) is 19.5 Å². The maximum Gasteiger partial charge on any atom is 0.166 e. The molecule has 2 aromatic rings. The van der Waals surface area contributed by atoms with E-state index in [0.717, 1.165) is 11.1 Å². The van der Waals surface area contributed by atoms with Gasteiger partial charge >= 0.3 is 0 Å². The van der Waals surface area contributed by atoms with Crippen LogP contribution in [0.15, 0.2) is 48.8 Å². The van der Waals surface area contributed by atoms with E-state index in [4.69, 9.17) is 34.2 Å². The average Bonchev–Trinajstić information content (AvgIpc) is 3.13. The lowest BCUT2D eigenvalue weighted by atomic mass is 10.1. The Kier molecular flexibility index (Phi) is 4.40. The van der Waals surface area contributed by atoms with Crippen LogP contribution in [0.4, 0.5) is 5.82 Å². The molecule has 132 valence electrons. The lowest BCUT2D eigenvalue weighted by molar-refractivity contribution is 0.763. The van der Waals surface area contributed by atoms with Gasteiger partial charge in [0, 0.05) is 21.2 Å². The molecule has 4 rings (SSSR count). The predicted molar refractivity (Wildman–Crippen MR) is 105 cm³/mol. The van der Waals surface area contributed by atoms with Gasteiger partial charge in [-0.05, 0) is 24.3 Å². The molecule has 2 N–H and O–H groups in total. The zero-order valence-electron chi connectivity index (χ0n) is 13.9. The van der Waals surface area contributed by atoms with Crippen LogP contribution in [0.5, 0.6) is 0 Å². The molecule has 0 fully saturated rings. The Bertz CT molecular complexity index is 1140. The van der Waals surface area contributed by atoms with Gasteiger partial charge in [0.2, 0.25) is 0 Å². The minimum atomic E-state index is 0.279. The molecule has 0 amide bonds. The lowest BCUT2D eigenvalue weighted by Crippen LogP contribution is -2.09. The summed E-state index contributed by atoms with van der Waals surface area (Å²) >= 11 is 12.6. The van der Waals surface area contributed by atoms with Crippen LogP contribution in [-0.4, -0.2) is 19.5 Å². The van der Waals surface area contributed by atoms with E-state index in [9.17, 15) is 0 Å². The normalized spacial score (nSPS) is 10.9. The number of anilines is 1.